The number of carbonyl (C=O) groups is 3. The van der Waals surface area contributed by atoms with Gasteiger partial charge in [0.15, 0.2) is 0 Å². The van der Waals surface area contributed by atoms with E-state index in [9.17, 15) is 14.4 Å². The number of hydrogen-bond donors (Lipinski definition) is 1. The molecule has 0 atom stereocenters. The number of esters is 1. The van der Waals surface area contributed by atoms with Crippen LogP contribution in [-0.4, -0.2) is 65.9 Å². The molecule has 0 unspecified atom stereocenters. The van der Waals surface area contributed by atoms with Gasteiger partial charge in [-0.25, -0.2) is 4.79 Å². The van der Waals surface area contributed by atoms with Gasteiger partial charge in [0.1, 0.15) is 0 Å². The van der Waals surface area contributed by atoms with E-state index >= 15 is 0 Å². The maximum absolute atomic E-state index is 12.7. The first-order valence-electron chi connectivity index (χ1n) is 9.09. The van der Waals surface area contributed by atoms with E-state index < -0.39 is 5.97 Å². The number of piperazine rings is 1. The van der Waals surface area contributed by atoms with E-state index in [2.05, 4.69) is 10.3 Å². The number of aromatic nitrogens is 1. The molecule has 8 heteroatoms. The average Bonchev–Trinajstić information content (AvgIpc) is 2.74. The second kappa shape index (κ2) is 8.98. The van der Waals surface area contributed by atoms with E-state index in [4.69, 9.17) is 4.74 Å². The molecule has 0 saturated carbocycles. The molecule has 1 saturated heterocycles. The first-order chi connectivity index (χ1) is 13.6. The minimum absolute atomic E-state index is 0.139. The molecule has 28 heavy (non-hydrogen) atoms. The van der Waals surface area contributed by atoms with Crippen molar-refractivity contribution in [3.05, 3.63) is 53.9 Å². The van der Waals surface area contributed by atoms with E-state index in [-0.39, 0.29) is 12.5 Å². The van der Waals surface area contributed by atoms with Crippen LogP contribution in [0.2, 0.25) is 0 Å². The lowest BCUT2D eigenvalue weighted by Crippen LogP contribution is -2.48. The molecule has 1 aromatic carbocycles. The van der Waals surface area contributed by atoms with Crippen molar-refractivity contribution in [1.29, 1.82) is 0 Å². The third-order valence-corrected chi connectivity index (χ3v) is 4.44. The van der Waals surface area contributed by atoms with E-state index in [0.717, 1.165) is 6.41 Å². The highest BCUT2D eigenvalue weighted by molar-refractivity contribution is 5.97. The number of carbonyl (C=O) groups excluding carboxylic acids is 3. The molecule has 1 aromatic heterocycles. The number of amides is 2. The van der Waals surface area contributed by atoms with Gasteiger partial charge in [-0.2, -0.15) is 0 Å². The van der Waals surface area contributed by atoms with Crippen LogP contribution in [-0.2, 0) is 9.53 Å². The quantitative estimate of drug-likeness (QED) is 0.606. The summed E-state index contributed by atoms with van der Waals surface area (Å²) >= 11 is 0. The molecule has 3 rings (SSSR count). The van der Waals surface area contributed by atoms with Gasteiger partial charge in [-0.05, 0) is 25.1 Å². The lowest BCUT2D eigenvalue weighted by atomic mass is 10.1. The number of nitrogens with zero attached hydrogens (tertiary/aromatic N) is 3. The summed E-state index contributed by atoms with van der Waals surface area (Å²) in [5.74, 6) is -0.556. The van der Waals surface area contributed by atoms with Crippen LogP contribution >= 0.6 is 0 Å². The minimum atomic E-state index is -0.418. The van der Waals surface area contributed by atoms with Crippen molar-refractivity contribution in [2.24, 2.45) is 0 Å². The average molecular weight is 382 g/mol. The molecule has 1 fully saturated rings. The summed E-state index contributed by atoms with van der Waals surface area (Å²) in [7, 11) is 0. The van der Waals surface area contributed by atoms with Crippen molar-refractivity contribution < 1.29 is 19.1 Å². The maximum atomic E-state index is 12.7. The highest BCUT2D eigenvalue weighted by atomic mass is 16.5. The standard InChI is InChI=1S/C20H22N4O4/c1-2-28-20(27)17-5-3-4-6-18(17)22-16-11-15(12-21-13-16)19(26)24-9-7-23(14-25)8-10-24/h3-6,11-14,22H,2,7-10H2,1H3. The SMILES string of the molecule is CCOC(=O)c1ccccc1Nc1cncc(C(=O)N2CCN(C=O)CC2)c1. The monoisotopic (exact) mass is 382 g/mol. The molecule has 0 spiro atoms. The molecule has 0 aliphatic carbocycles. The summed E-state index contributed by atoms with van der Waals surface area (Å²) in [5.41, 5.74) is 2.02. The molecule has 1 N–H and O–H groups in total. The van der Waals surface area contributed by atoms with Gasteiger partial charge in [-0.15, -0.1) is 0 Å². The molecule has 2 amide bonds. The highest BCUT2D eigenvalue weighted by Gasteiger charge is 2.22. The largest absolute Gasteiger partial charge is 0.462 e. The predicted molar refractivity (Wildman–Crippen MR) is 103 cm³/mol. The zero-order valence-corrected chi connectivity index (χ0v) is 15.6. The number of para-hydroxylation sites is 1. The first-order valence-corrected chi connectivity index (χ1v) is 9.09. The summed E-state index contributed by atoms with van der Waals surface area (Å²) < 4.78 is 5.08. The zero-order valence-electron chi connectivity index (χ0n) is 15.6. The summed E-state index contributed by atoms with van der Waals surface area (Å²) in [6.45, 7) is 4.06. The Morgan fingerprint density at radius 1 is 1.18 bits per heavy atom. The van der Waals surface area contributed by atoms with Gasteiger partial charge < -0.3 is 19.9 Å². The second-order valence-electron chi connectivity index (χ2n) is 6.29. The normalized spacial score (nSPS) is 13.8. The molecule has 0 bridgehead atoms. The fourth-order valence-electron chi connectivity index (χ4n) is 2.97. The van der Waals surface area contributed by atoms with Crippen LogP contribution in [0.4, 0.5) is 11.4 Å². The lowest BCUT2D eigenvalue weighted by molar-refractivity contribution is -0.119. The summed E-state index contributed by atoms with van der Waals surface area (Å²) in [6.07, 6.45) is 3.90. The number of anilines is 2. The Hall–Kier alpha value is -3.42. The van der Waals surface area contributed by atoms with E-state index in [0.29, 0.717) is 48.7 Å². The Morgan fingerprint density at radius 3 is 2.64 bits per heavy atom. The number of hydrogen-bond acceptors (Lipinski definition) is 6. The van der Waals surface area contributed by atoms with Crippen LogP contribution in [0.3, 0.4) is 0 Å². The highest BCUT2D eigenvalue weighted by Crippen LogP contribution is 2.22. The molecule has 2 heterocycles. The van der Waals surface area contributed by atoms with E-state index in [1.165, 1.54) is 6.20 Å². The van der Waals surface area contributed by atoms with Crippen molar-refractivity contribution in [3.63, 3.8) is 0 Å². The van der Waals surface area contributed by atoms with Crippen molar-refractivity contribution in [1.82, 2.24) is 14.8 Å². The topological polar surface area (TPSA) is 91.8 Å². The number of nitrogens with one attached hydrogen (secondary N) is 1. The Morgan fingerprint density at radius 2 is 1.93 bits per heavy atom. The van der Waals surface area contributed by atoms with Crippen molar-refractivity contribution in [3.8, 4) is 0 Å². The first kappa shape index (κ1) is 19.3. The van der Waals surface area contributed by atoms with Gasteiger partial charge in [-0.3, -0.25) is 14.6 Å². The predicted octanol–water partition coefficient (Wildman–Crippen LogP) is 1.92. The van der Waals surface area contributed by atoms with Gasteiger partial charge >= 0.3 is 5.97 Å². The van der Waals surface area contributed by atoms with E-state index in [1.807, 2.05) is 0 Å². The number of ether oxygens (including phenoxy) is 1. The Kier molecular flexibility index (Phi) is 6.21. The summed E-state index contributed by atoms with van der Waals surface area (Å²) in [5, 5.41) is 3.14. The Labute approximate surface area is 163 Å². The van der Waals surface area contributed by atoms with Crippen molar-refractivity contribution in [2.45, 2.75) is 6.92 Å². The number of pyridine rings is 1. The molecular formula is C20H22N4O4. The maximum Gasteiger partial charge on any atom is 0.340 e. The van der Waals surface area contributed by atoms with Crippen LogP contribution in [0.15, 0.2) is 42.7 Å². The van der Waals surface area contributed by atoms with Gasteiger partial charge in [-0.1, -0.05) is 12.1 Å². The molecule has 0 radical (unpaired) electrons. The number of rotatable bonds is 6. The van der Waals surface area contributed by atoms with Gasteiger partial charge in [0.2, 0.25) is 6.41 Å². The van der Waals surface area contributed by atoms with Gasteiger partial charge in [0, 0.05) is 32.4 Å². The molecule has 2 aromatic rings. The summed E-state index contributed by atoms with van der Waals surface area (Å²) in [4.78, 5) is 43.2. The van der Waals surface area contributed by atoms with Crippen molar-refractivity contribution >= 4 is 29.7 Å². The van der Waals surface area contributed by atoms with Crippen LogP contribution in [0.25, 0.3) is 0 Å². The Bertz CT molecular complexity index is 863. The van der Waals surface area contributed by atoms with Crippen LogP contribution in [0.1, 0.15) is 27.6 Å². The second-order valence-corrected chi connectivity index (χ2v) is 6.29. The molecule has 1 aliphatic heterocycles. The van der Waals surface area contributed by atoms with Crippen LogP contribution < -0.4 is 5.32 Å². The lowest BCUT2D eigenvalue weighted by Gasteiger charge is -2.32. The fraction of sp³-hybridized carbons (Fsp3) is 0.300. The smallest absolute Gasteiger partial charge is 0.340 e. The number of benzene rings is 1. The van der Waals surface area contributed by atoms with Crippen LogP contribution in [0, 0.1) is 0 Å². The van der Waals surface area contributed by atoms with Gasteiger partial charge in [0.05, 0.1) is 35.3 Å². The zero-order chi connectivity index (χ0) is 19.9. The summed E-state index contributed by atoms with van der Waals surface area (Å²) in [6, 6.07) is 8.70. The van der Waals surface area contributed by atoms with Gasteiger partial charge in [0.25, 0.3) is 5.91 Å². The van der Waals surface area contributed by atoms with Crippen LogP contribution in [0.5, 0.6) is 0 Å². The third-order valence-electron chi connectivity index (χ3n) is 4.44. The third kappa shape index (κ3) is 4.46. The minimum Gasteiger partial charge on any atom is -0.462 e. The fourth-order valence-corrected chi connectivity index (χ4v) is 2.97. The van der Waals surface area contributed by atoms with E-state index in [1.54, 1.807) is 53.3 Å². The Balaban J connectivity index is 1.75. The van der Waals surface area contributed by atoms with Crippen molar-refractivity contribution in [2.75, 3.05) is 38.1 Å². The molecular weight excluding hydrogens is 360 g/mol. The molecule has 146 valence electrons. The molecule has 1 aliphatic rings. The molecule has 8 nitrogen and oxygen atoms in total.